The highest BCUT2D eigenvalue weighted by Gasteiger charge is 2.06. The number of halogens is 1. The minimum atomic E-state index is 0.772. The molecule has 0 amide bonds. The summed E-state index contributed by atoms with van der Waals surface area (Å²) < 4.78 is 2.23. The first kappa shape index (κ1) is 10.1. The summed E-state index contributed by atoms with van der Waals surface area (Å²) in [6, 6.07) is 8.28. The molecule has 0 aliphatic heterocycles. The Morgan fingerprint density at radius 2 is 2.19 bits per heavy atom. The fourth-order valence-corrected chi connectivity index (χ4v) is 2.87. The van der Waals surface area contributed by atoms with Gasteiger partial charge in [0.2, 0.25) is 0 Å². The molecule has 3 aromatic rings. The standard InChI is InChI=1S/C11H6IN3S/c12-8-3-1-2-7(4-8)11-15-10-9(16-11)5-13-6-14-10/h1-6H. The summed E-state index contributed by atoms with van der Waals surface area (Å²) in [7, 11) is 0. The lowest BCUT2D eigenvalue weighted by atomic mass is 10.2. The van der Waals surface area contributed by atoms with Crippen molar-refractivity contribution < 1.29 is 0 Å². The van der Waals surface area contributed by atoms with Crippen molar-refractivity contribution in [3.63, 3.8) is 0 Å². The van der Waals surface area contributed by atoms with Gasteiger partial charge in [-0.1, -0.05) is 12.1 Å². The van der Waals surface area contributed by atoms with Crippen LogP contribution in [0.3, 0.4) is 0 Å². The molecule has 0 saturated carbocycles. The first-order valence-corrected chi connectivity index (χ1v) is 6.55. The van der Waals surface area contributed by atoms with Gasteiger partial charge in [0.25, 0.3) is 0 Å². The van der Waals surface area contributed by atoms with Crippen molar-refractivity contribution in [1.82, 2.24) is 15.0 Å². The van der Waals surface area contributed by atoms with E-state index in [1.807, 2.05) is 6.07 Å². The van der Waals surface area contributed by atoms with Crippen LogP contribution < -0.4 is 0 Å². The first-order chi connectivity index (χ1) is 7.83. The maximum atomic E-state index is 4.49. The van der Waals surface area contributed by atoms with Gasteiger partial charge in [-0.25, -0.2) is 15.0 Å². The number of benzene rings is 1. The van der Waals surface area contributed by atoms with Gasteiger partial charge in [-0.15, -0.1) is 11.3 Å². The summed E-state index contributed by atoms with van der Waals surface area (Å²) in [4.78, 5) is 12.6. The van der Waals surface area contributed by atoms with Crippen LogP contribution in [0.5, 0.6) is 0 Å². The van der Waals surface area contributed by atoms with Gasteiger partial charge in [0.15, 0.2) is 5.65 Å². The Morgan fingerprint density at radius 3 is 3.00 bits per heavy atom. The van der Waals surface area contributed by atoms with Gasteiger partial charge < -0.3 is 0 Å². The minimum Gasteiger partial charge on any atom is -0.243 e. The molecule has 16 heavy (non-hydrogen) atoms. The number of fused-ring (bicyclic) bond motifs is 1. The molecule has 0 radical (unpaired) electrons. The van der Waals surface area contributed by atoms with Crippen molar-refractivity contribution in [2.24, 2.45) is 0 Å². The van der Waals surface area contributed by atoms with Crippen LogP contribution in [-0.4, -0.2) is 15.0 Å². The van der Waals surface area contributed by atoms with E-state index < -0.39 is 0 Å². The molecule has 1 aromatic carbocycles. The smallest absolute Gasteiger partial charge is 0.174 e. The van der Waals surface area contributed by atoms with Gasteiger partial charge in [0.1, 0.15) is 11.3 Å². The lowest BCUT2D eigenvalue weighted by molar-refractivity contribution is 1.20. The Kier molecular flexibility index (Phi) is 2.56. The number of nitrogens with zero attached hydrogens (tertiary/aromatic N) is 3. The van der Waals surface area contributed by atoms with Gasteiger partial charge in [0, 0.05) is 15.3 Å². The largest absolute Gasteiger partial charge is 0.243 e. The normalized spacial score (nSPS) is 10.8. The number of aromatic nitrogens is 3. The highest BCUT2D eigenvalue weighted by molar-refractivity contribution is 14.1. The summed E-state index contributed by atoms with van der Waals surface area (Å²) in [5.41, 5.74) is 1.91. The molecule has 3 rings (SSSR count). The lowest BCUT2D eigenvalue weighted by Gasteiger charge is -1.95. The van der Waals surface area contributed by atoms with E-state index in [2.05, 4.69) is 55.7 Å². The van der Waals surface area contributed by atoms with Gasteiger partial charge >= 0.3 is 0 Å². The number of hydrogen-bond donors (Lipinski definition) is 0. The maximum absolute atomic E-state index is 4.49. The van der Waals surface area contributed by atoms with Crippen LogP contribution >= 0.6 is 33.9 Å². The Morgan fingerprint density at radius 1 is 1.25 bits per heavy atom. The average Bonchev–Trinajstić information content (AvgIpc) is 2.72. The molecule has 0 saturated heterocycles. The quantitative estimate of drug-likeness (QED) is 0.638. The van der Waals surface area contributed by atoms with E-state index in [9.17, 15) is 0 Å². The summed E-state index contributed by atoms with van der Waals surface area (Å²) in [6.45, 7) is 0. The number of rotatable bonds is 1. The molecule has 0 aliphatic rings. The van der Waals surface area contributed by atoms with Gasteiger partial charge in [-0.05, 0) is 34.7 Å². The zero-order chi connectivity index (χ0) is 11.0. The van der Waals surface area contributed by atoms with E-state index in [1.54, 1.807) is 17.5 Å². The fraction of sp³-hybridized carbons (Fsp3) is 0. The van der Waals surface area contributed by atoms with Gasteiger partial charge in [-0.2, -0.15) is 0 Å². The zero-order valence-electron chi connectivity index (χ0n) is 8.09. The van der Waals surface area contributed by atoms with Crippen LogP contribution in [-0.2, 0) is 0 Å². The molecule has 0 spiro atoms. The van der Waals surface area contributed by atoms with Gasteiger partial charge in [0.05, 0.1) is 4.70 Å². The third-order valence-corrected chi connectivity index (χ3v) is 3.84. The molecule has 0 fully saturated rings. The van der Waals surface area contributed by atoms with Crippen LogP contribution in [0.15, 0.2) is 36.8 Å². The SMILES string of the molecule is Ic1cccc(-c2nc3ncncc3s2)c1. The number of thiazole rings is 1. The highest BCUT2D eigenvalue weighted by atomic mass is 127. The molecule has 2 aromatic heterocycles. The van der Waals surface area contributed by atoms with E-state index >= 15 is 0 Å². The van der Waals surface area contributed by atoms with Crippen molar-refractivity contribution >= 4 is 44.3 Å². The molecule has 0 atom stereocenters. The van der Waals surface area contributed by atoms with Crippen molar-refractivity contribution in [2.75, 3.05) is 0 Å². The third-order valence-electron chi connectivity index (χ3n) is 2.14. The van der Waals surface area contributed by atoms with Crippen LogP contribution in [0.25, 0.3) is 20.9 Å². The molecule has 0 unspecified atom stereocenters. The molecule has 78 valence electrons. The van der Waals surface area contributed by atoms with Crippen molar-refractivity contribution in [3.8, 4) is 10.6 Å². The van der Waals surface area contributed by atoms with Crippen LogP contribution in [0.4, 0.5) is 0 Å². The van der Waals surface area contributed by atoms with E-state index in [-0.39, 0.29) is 0 Å². The molecule has 2 heterocycles. The van der Waals surface area contributed by atoms with E-state index in [0.717, 1.165) is 20.9 Å². The molecule has 0 bridgehead atoms. The fourth-order valence-electron chi connectivity index (χ4n) is 1.43. The lowest BCUT2D eigenvalue weighted by Crippen LogP contribution is -1.79. The second kappa shape index (κ2) is 4.06. The Balaban J connectivity index is 2.19. The first-order valence-electron chi connectivity index (χ1n) is 4.65. The molecule has 3 nitrogen and oxygen atoms in total. The molecule has 0 N–H and O–H groups in total. The maximum Gasteiger partial charge on any atom is 0.174 e. The molecular formula is C11H6IN3S. The van der Waals surface area contributed by atoms with Gasteiger partial charge in [-0.3, -0.25) is 0 Å². The summed E-state index contributed by atoms with van der Waals surface area (Å²) >= 11 is 3.92. The van der Waals surface area contributed by atoms with Crippen molar-refractivity contribution in [2.45, 2.75) is 0 Å². The van der Waals surface area contributed by atoms with E-state index in [0.29, 0.717) is 0 Å². The van der Waals surface area contributed by atoms with Crippen LogP contribution in [0.2, 0.25) is 0 Å². The van der Waals surface area contributed by atoms with E-state index in [1.165, 1.54) is 9.90 Å². The highest BCUT2D eigenvalue weighted by Crippen LogP contribution is 2.29. The predicted octanol–water partition coefficient (Wildman–Crippen LogP) is 3.36. The Bertz CT molecular complexity index is 617. The molecule has 5 heteroatoms. The molecule has 0 aliphatic carbocycles. The summed E-state index contributed by atoms with van der Waals surface area (Å²) in [5, 5.41) is 0.994. The molecular weight excluding hydrogens is 333 g/mol. The van der Waals surface area contributed by atoms with Crippen molar-refractivity contribution in [1.29, 1.82) is 0 Å². The van der Waals surface area contributed by atoms with Crippen LogP contribution in [0.1, 0.15) is 0 Å². The predicted molar refractivity (Wildman–Crippen MR) is 73.4 cm³/mol. The Hall–Kier alpha value is -1.08. The Labute approximate surface area is 110 Å². The second-order valence-electron chi connectivity index (χ2n) is 3.24. The zero-order valence-corrected chi connectivity index (χ0v) is 11.1. The van der Waals surface area contributed by atoms with Crippen LogP contribution in [0, 0.1) is 3.57 Å². The topological polar surface area (TPSA) is 38.7 Å². The summed E-state index contributed by atoms with van der Waals surface area (Å²) in [6.07, 6.45) is 3.33. The third kappa shape index (κ3) is 1.80. The summed E-state index contributed by atoms with van der Waals surface area (Å²) in [5.74, 6) is 0. The van der Waals surface area contributed by atoms with E-state index in [4.69, 9.17) is 0 Å². The van der Waals surface area contributed by atoms with Crippen molar-refractivity contribution in [3.05, 3.63) is 40.4 Å². The average molecular weight is 339 g/mol. The second-order valence-corrected chi connectivity index (χ2v) is 5.52. The minimum absolute atomic E-state index is 0.772. The monoisotopic (exact) mass is 339 g/mol. The number of hydrogen-bond acceptors (Lipinski definition) is 4.